The number of nitrogens with one attached hydrogen (secondary N) is 1. The van der Waals surface area contributed by atoms with Crippen LogP contribution in [0.25, 0.3) is 0 Å². The minimum absolute atomic E-state index is 0.114. The fourth-order valence-corrected chi connectivity index (χ4v) is 2.54. The molecule has 20 heavy (non-hydrogen) atoms. The molecule has 0 aliphatic rings. The molecule has 1 aromatic rings. The van der Waals surface area contributed by atoms with Crippen LogP contribution in [0.1, 0.15) is 46.2 Å². The average molecular weight is 301 g/mol. The van der Waals surface area contributed by atoms with Crippen molar-refractivity contribution in [2.45, 2.75) is 52.7 Å². The van der Waals surface area contributed by atoms with Crippen LogP contribution in [0.4, 0.5) is 4.39 Å². The van der Waals surface area contributed by atoms with E-state index in [9.17, 15) is 4.39 Å². The Hall–Kier alpha value is -0.640. The molecule has 114 valence electrons. The summed E-state index contributed by atoms with van der Waals surface area (Å²) in [6.45, 7) is 12.7. The van der Waals surface area contributed by atoms with Crippen LogP contribution in [0.5, 0.6) is 0 Å². The van der Waals surface area contributed by atoms with Crippen molar-refractivity contribution in [3.05, 3.63) is 34.6 Å². The molecule has 1 rings (SSSR count). The van der Waals surface area contributed by atoms with Crippen molar-refractivity contribution in [2.75, 3.05) is 13.1 Å². The SMILES string of the molecule is CC(NCCN(C(C)C)C(C)C)c1ccc(Cl)c(F)c1. The van der Waals surface area contributed by atoms with Crippen LogP contribution < -0.4 is 5.32 Å². The average Bonchev–Trinajstić information content (AvgIpc) is 2.36. The molecule has 2 nitrogen and oxygen atoms in total. The molecule has 1 atom stereocenters. The van der Waals surface area contributed by atoms with Crippen LogP contribution in [0.3, 0.4) is 0 Å². The maximum atomic E-state index is 13.4. The number of benzene rings is 1. The second-order valence-electron chi connectivity index (χ2n) is 5.77. The van der Waals surface area contributed by atoms with E-state index in [0.29, 0.717) is 12.1 Å². The van der Waals surface area contributed by atoms with Gasteiger partial charge in [-0.05, 0) is 52.3 Å². The number of nitrogens with zero attached hydrogens (tertiary/aromatic N) is 1. The number of rotatable bonds is 7. The number of halogens is 2. The summed E-state index contributed by atoms with van der Waals surface area (Å²) >= 11 is 5.70. The number of hydrogen-bond acceptors (Lipinski definition) is 2. The molecule has 4 heteroatoms. The Morgan fingerprint density at radius 1 is 1.15 bits per heavy atom. The van der Waals surface area contributed by atoms with Crippen LogP contribution in [0, 0.1) is 5.82 Å². The molecule has 0 fully saturated rings. The second-order valence-corrected chi connectivity index (χ2v) is 6.18. The lowest BCUT2D eigenvalue weighted by Crippen LogP contribution is -2.41. The van der Waals surface area contributed by atoms with Gasteiger partial charge in [0.2, 0.25) is 0 Å². The van der Waals surface area contributed by atoms with Gasteiger partial charge < -0.3 is 5.32 Å². The lowest BCUT2D eigenvalue weighted by molar-refractivity contribution is 0.174. The summed E-state index contributed by atoms with van der Waals surface area (Å²) in [5, 5.41) is 3.61. The maximum Gasteiger partial charge on any atom is 0.142 e. The van der Waals surface area contributed by atoms with E-state index >= 15 is 0 Å². The summed E-state index contributed by atoms with van der Waals surface area (Å²) < 4.78 is 13.4. The smallest absolute Gasteiger partial charge is 0.142 e. The lowest BCUT2D eigenvalue weighted by atomic mass is 10.1. The maximum absolute atomic E-state index is 13.4. The summed E-state index contributed by atoms with van der Waals surface area (Å²) in [6, 6.07) is 6.15. The van der Waals surface area contributed by atoms with Crippen LogP contribution in [-0.4, -0.2) is 30.1 Å². The summed E-state index contributed by atoms with van der Waals surface area (Å²) in [7, 11) is 0. The van der Waals surface area contributed by atoms with Gasteiger partial charge in [-0.15, -0.1) is 0 Å². The molecule has 0 bridgehead atoms. The van der Waals surface area contributed by atoms with Crippen molar-refractivity contribution in [2.24, 2.45) is 0 Å². The van der Waals surface area contributed by atoms with Gasteiger partial charge in [-0.1, -0.05) is 17.7 Å². The summed E-state index contributed by atoms with van der Waals surface area (Å²) in [4.78, 5) is 2.43. The molecule has 1 unspecified atom stereocenters. The van der Waals surface area contributed by atoms with Crippen LogP contribution in [-0.2, 0) is 0 Å². The van der Waals surface area contributed by atoms with Gasteiger partial charge in [0.05, 0.1) is 5.02 Å². The quantitative estimate of drug-likeness (QED) is 0.810. The fourth-order valence-electron chi connectivity index (χ4n) is 2.42. The third kappa shape index (κ3) is 5.04. The second kappa shape index (κ2) is 7.96. The van der Waals surface area contributed by atoms with Crippen molar-refractivity contribution >= 4 is 11.6 Å². The fraction of sp³-hybridized carbons (Fsp3) is 0.625. The van der Waals surface area contributed by atoms with E-state index in [1.807, 2.05) is 13.0 Å². The van der Waals surface area contributed by atoms with Gasteiger partial charge in [-0.3, -0.25) is 4.90 Å². The normalized spacial score (nSPS) is 13.5. The molecule has 0 heterocycles. The first-order valence-electron chi connectivity index (χ1n) is 7.27. The molecule has 1 aromatic carbocycles. The standard InChI is InChI=1S/C16H26ClFN2/c1-11(2)20(12(3)4)9-8-19-13(5)14-6-7-15(17)16(18)10-14/h6-7,10-13,19H,8-9H2,1-5H3. The third-order valence-corrected chi connectivity index (χ3v) is 3.90. The third-order valence-electron chi connectivity index (χ3n) is 3.59. The molecule has 0 saturated carbocycles. The predicted octanol–water partition coefficient (Wildman–Crippen LogP) is 4.25. The summed E-state index contributed by atoms with van der Waals surface area (Å²) in [6.07, 6.45) is 0. The molecule has 0 aliphatic carbocycles. The highest BCUT2D eigenvalue weighted by molar-refractivity contribution is 6.30. The van der Waals surface area contributed by atoms with Crippen molar-refractivity contribution in [3.63, 3.8) is 0 Å². The Bertz CT molecular complexity index is 413. The van der Waals surface area contributed by atoms with Crippen LogP contribution in [0.2, 0.25) is 5.02 Å². The molecule has 0 radical (unpaired) electrons. The largest absolute Gasteiger partial charge is 0.309 e. The van der Waals surface area contributed by atoms with E-state index in [-0.39, 0.29) is 16.9 Å². The highest BCUT2D eigenvalue weighted by Crippen LogP contribution is 2.19. The Kier molecular flexibility index (Phi) is 6.93. The minimum atomic E-state index is -0.358. The highest BCUT2D eigenvalue weighted by atomic mass is 35.5. The van der Waals surface area contributed by atoms with E-state index in [4.69, 9.17) is 11.6 Å². The number of hydrogen-bond donors (Lipinski definition) is 1. The first kappa shape index (κ1) is 17.4. The monoisotopic (exact) mass is 300 g/mol. The topological polar surface area (TPSA) is 15.3 Å². The van der Waals surface area contributed by atoms with Crippen molar-refractivity contribution < 1.29 is 4.39 Å². The van der Waals surface area contributed by atoms with Crippen LogP contribution >= 0.6 is 11.6 Å². The van der Waals surface area contributed by atoms with Gasteiger partial charge in [-0.2, -0.15) is 0 Å². The van der Waals surface area contributed by atoms with Crippen molar-refractivity contribution in [3.8, 4) is 0 Å². The Labute approximate surface area is 127 Å². The first-order valence-corrected chi connectivity index (χ1v) is 7.64. The van der Waals surface area contributed by atoms with Gasteiger partial charge in [0, 0.05) is 31.2 Å². The van der Waals surface area contributed by atoms with E-state index in [0.717, 1.165) is 18.7 Å². The van der Waals surface area contributed by atoms with E-state index in [1.165, 1.54) is 6.07 Å². The van der Waals surface area contributed by atoms with Crippen LogP contribution in [0.15, 0.2) is 18.2 Å². The van der Waals surface area contributed by atoms with E-state index < -0.39 is 0 Å². The zero-order valence-electron chi connectivity index (χ0n) is 13.1. The molecular formula is C16H26ClFN2. The molecule has 0 aromatic heterocycles. The van der Waals surface area contributed by atoms with Crippen molar-refractivity contribution in [1.82, 2.24) is 10.2 Å². The summed E-state index contributed by atoms with van der Waals surface area (Å²) in [5.41, 5.74) is 0.924. The molecule has 1 N–H and O–H groups in total. The Balaban J connectivity index is 2.50. The van der Waals surface area contributed by atoms with Gasteiger partial charge in [0.1, 0.15) is 5.82 Å². The lowest BCUT2D eigenvalue weighted by Gasteiger charge is -2.31. The highest BCUT2D eigenvalue weighted by Gasteiger charge is 2.13. The molecular weight excluding hydrogens is 275 g/mol. The van der Waals surface area contributed by atoms with E-state index in [1.54, 1.807) is 6.07 Å². The Morgan fingerprint density at radius 3 is 2.25 bits per heavy atom. The first-order chi connectivity index (χ1) is 9.32. The van der Waals surface area contributed by atoms with Gasteiger partial charge in [-0.25, -0.2) is 4.39 Å². The molecule has 0 aliphatic heterocycles. The minimum Gasteiger partial charge on any atom is -0.309 e. The molecule has 0 spiro atoms. The van der Waals surface area contributed by atoms with Gasteiger partial charge in [0.15, 0.2) is 0 Å². The zero-order valence-corrected chi connectivity index (χ0v) is 13.8. The summed E-state index contributed by atoms with van der Waals surface area (Å²) in [5.74, 6) is -0.358. The van der Waals surface area contributed by atoms with Gasteiger partial charge >= 0.3 is 0 Å². The van der Waals surface area contributed by atoms with E-state index in [2.05, 4.69) is 37.9 Å². The predicted molar refractivity (Wildman–Crippen MR) is 84.8 cm³/mol. The molecule has 0 amide bonds. The Morgan fingerprint density at radius 2 is 1.75 bits per heavy atom. The molecule has 0 saturated heterocycles. The van der Waals surface area contributed by atoms with Gasteiger partial charge in [0.25, 0.3) is 0 Å². The zero-order chi connectivity index (χ0) is 15.3. The van der Waals surface area contributed by atoms with Crippen molar-refractivity contribution in [1.29, 1.82) is 0 Å².